The van der Waals surface area contributed by atoms with Gasteiger partial charge >= 0.3 is 6.09 Å². The van der Waals surface area contributed by atoms with Crippen LogP contribution in [0.3, 0.4) is 0 Å². The number of amides is 1. The lowest BCUT2D eigenvalue weighted by atomic mass is 9.47. The summed E-state index contributed by atoms with van der Waals surface area (Å²) in [4.78, 5) is 16.2. The third-order valence-corrected chi connectivity index (χ3v) is 10.8. The van der Waals surface area contributed by atoms with Gasteiger partial charge in [-0.3, -0.25) is 4.99 Å². The van der Waals surface area contributed by atoms with E-state index in [1.165, 1.54) is 57.8 Å². The average molecular weight is 501 g/mol. The molecule has 204 valence electrons. The van der Waals surface area contributed by atoms with Crippen molar-refractivity contribution < 1.29 is 9.53 Å². The van der Waals surface area contributed by atoms with Gasteiger partial charge in [0.25, 0.3) is 0 Å². The first-order valence-corrected chi connectivity index (χ1v) is 14.8. The Kier molecular flexibility index (Phi) is 8.61. The number of nitrogens with one attached hydrogen (secondary N) is 1. The Balaban J connectivity index is 1.33. The summed E-state index contributed by atoms with van der Waals surface area (Å²) in [6.07, 6.45) is 17.7. The molecular formula is C30H52N4O2. The van der Waals surface area contributed by atoms with Gasteiger partial charge in [-0.25, -0.2) is 4.79 Å². The molecule has 0 aromatic carbocycles. The van der Waals surface area contributed by atoms with E-state index in [1.807, 2.05) is 0 Å². The number of alkyl carbamates (subject to hydrolysis) is 1. The molecule has 7 atom stereocenters. The summed E-state index contributed by atoms with van der Waals surface area (Å²) in [6, 6.07) is 0. The number of rotatable bonds is 9. The number of hydrogen-bond acceptors (Lipinski definition) is 3. The number of hydrogen-bond donors (Lipinski definition) is 3. The predicted octanol–water partition coefficient (Wildman–Crippen LogP) is 6.15. The van der Waals surface area contributed by atoms with Crippen molar-refractivity contribution in [2.45, 2.75) is 111 Å². The van der Waals surface area contributed by atoms with E-state index in [-0.39, 0.29) is 23.6 Å². The van der Waals surface area contributed by atoms with Gasteiger partial charge < -0.3 is 21.5 Å². The van der Waals surface area contributed by atoms with E-state index in [0.717, 1.165) is 48.9 Å². The number of guanidine groups is 1. The van der Waals surface area contributed by atoms with Crippen molar-refractivity contribution >= 4 is 12.1 Å². The molecule has 3 saturated carbocycles. The Morgan fingerprint density at radius 3 is 2.69 bits per heavy atom. The number of allylic oxidation sites excluding steroid dienone is 1. The standard InChI is InChI=1S/C30H52N4O2/c1-20(2)7-5-6-8-21-10-12-25-24-11-9-22-19-23(36-28(35)34-18-17-33-27(31)32)13-15-30(22,4)26(24)14-16-29(21,25)3/h9,20-21,23-26H,5-8,10-19H2,1-4H3,(H,34,35)(H4,31,32,33). The molecule has 6 heteroatoms. The quantitative estimate of drug-likeness (QED) is 0.153. The number of carbonyl (C=O) groups excluding carboxylic acids is 1. The predicted molar refractivity (Wildman–Crippen MR) is 147 cm³/mol. The Bertz CT molecular complexity index is 835. The van der Waals surface area contributed by atoms with Crippen molar-refractivity contribution in [2.75, 3.05) is 13.1 Å². The van der Waals surface area contributed by atoms with E-state index in [1.54, 1.807) is 5.57 Å². The molecule has 5 N–H and O–H groups in total. The number of fused-ring (bicyclic) bond motifs is 5. The molecule has 0 spiro atoms. The second kappa shape index (κ2) is 11.3. The molecule has 4 rings (SSSR count). The van der Waals surface area contributed by atoms with Gasteiger partial charge in [0.15, 0.2) is 5.96 Å². The summed E-state index contributed by atoms with van der Waals surface area (Å²) in [7, 11) is 0. The maximum atomic E-state index is 12.3. The van der Waals surface area contributed by atoms with Crippen molar-refractivity contribution in [2.24, 2.45) is 56.9 Å². The van der Waals surface area contributed by atoms with E-state index >= 15 is 0 Å². The van der Waals surface area contributed by atoms with E-state index in [0.29, 0.717) is 18.5 Å². The normalized spacial score (nSPS) is 37.4. The smallest absolute Gasteiger partial charge is 0.407 e. The lowest BCUT2D eigenvalue weighted by Gasteiger charge is -2.58. The van der Waals surface area contributed by atoms with Crippen molar-refractivity contribution in [1.82, 2.24) is 5.32 Å². The fourth-order valence-corrected chi connectivity index (χ4v) is 8.79. The summed E-state index contributed by atoms with van der Waals surface area (Å²) in [5, 5.41) is 2.77. The number of carbonyl (C=O) groups is 1. The average Bonchev–Trinajstić information content (AvgIpc) is 3.16. The number of ether oxygens (including phenoxy) is 1. The molecule has 0 bridgehead atoms. The van der Waals surface area contributed by atoms with E-state index < -0.39 is 0 Å². The first-order valence-electron chi connectivity index (χ1n) is 14.8. The minimum Gasteiger partial charge on any atom is -0.446 e. The Morgan fingerprint density at radius 1 is 1.14 bits per heavy atom. The molecule has 6 nitrogen and oxygen atoms in total. The van der Waals surface area contributed by atoms with Crippen LogP contribution in [0.5, 0.6) is 0 Å². The third kappa shape index (κ3) is 5.72. The topological polar surface area (TPSA) is 103 Å². The minimum atomic E-state index is -0.359. The van der Waals surface area contributed by atoms with E-state index in [9.17, 15) is 4.79 Å². The number of aliphatic imine (C=N–C) groups is 1. The van der Waals surface area contributed by atoms with Gasteiger partial charge in [0.1, 0.15) is 6.10 Å². The first-order chi connectivity index (χ1) is 17.1. The fraction of sp³-hybridized carbons (Fsp3) is 0.867. The molecule has 7 unspecified atom stereocenters. The van der Waals surface area contributed by atoms with Gasteiger partial charge in [-0.15, -0.1) is 0 Å². The van der Waals surface area contributed by atoms with Crippen LogP contribution in [0.2, 0.25) is 0 Å². The summed E-state index contributed by atoms with van der Waals surface area (Å²) in [6.45, 7) is 10.6. The summed E-state index contributed by atoms with van der Waals surface area (Å²) >= 11 is 0. The molecule has 0 aromatic rings. The zero-order valence-electron chi connectivity index (χ0n) is 23.4. The molecule has 0 saturated heterocycles. The van der Waals surface area contributed by atoms with Crippen molar-refractivity contribution in [1.29, 1.82) is 0 Å². The van der Waals surface area contributed by atoms with Crippen LogP contribution in [0.15, 0.2) is 16.6 Å². The van der Waals surface area contributed by atoms with Crippen LogP contribution in [0.1, 0.15) is 105 Å². The summed E-state index contributed by atoms with van der Waals surface area (Å²) in [5.74, 6) is 4.34. The monoisotopic (exact) mass is 500 g/mol. The van der Waals surface area contributed by atoms with E-state index in [4.69, 9.17) is 16.2 Å². The molecule has 3 fully saturated rings. The van der Waals surface area contributed by atoms with Crippen LogP contribution in [0.25, 0.3) is 0 Å². The van der Waals surface area contributed by atoms with Gasteiger partial charge in [0.05, 0.1) is 6.54 Å². The zero-order chi connectivity index (χ0) is 25.9. The van der Waals surface area contributed by atoms with Gasteiger partial charge in [-0.2, -0.15) is 0 Å². The van der Waals surface area contributed by atoms with Crippen LogP contribution in [0, 0.1) is 40.4 Å². The van der Waals surface area contributed by atoms with Crippen LogP contribution < -0.4 is 16.8 Å². The van der Waals surface area contributed by atoms with Crippen LogP contribution in [0.4, 0.5) is 4.79 Å². The zero-order valence-corrected chi connectivity index (χ0v) is 23.4. The Hall–Kier alpha value is -1.72. The van der Waals surface area contributed by atoms with Gasteiger partial charge in [-0.05, 0) is 91.8 Å². The maximum absolute atomic E-state index is 12.3. The van der Waals surface area contributed by atoms with Gasteiger partial charge in [0.2, 0.25) is 0 Å². The largest absolute Gasteiger partial charge is 0.446 e. The highest BCUT2D eigenvalue weighted by Crippen LogP contribution is 2.66. The maximum Gasteiger partial charge on any atom is 0.407 e. The molecule has 0 aromatic heterocycles. The molecule has 1 amide bonds. The Labute approximate surface area is 219 Å². The van der Waals surface area contributed by atoms with E-state index in [2.05, 4.69) is 44.1 Å². The lowest BCUT2D eigenvalue weighted by Crippen LogP contribution is -2.50. The second-order valence-corrected chi connectivity index (χ2v) is 13.3. The first kappa shape index (κ1) is 27.3. The SMILES string of the molecule is CC(C)CCCCC1CCC2C3CC=C4CC(OC(=O)NCCN=C(N)N)CCC4(C)C3CCC12C. The number of unbranched alkanes of at least 4 members (excludes halogenated alkanes) is 1. The van der Waals surface area contributed by atoms with Crippen molar-refractivity contribution in [3.05, 3.63) is 11.6 Å². The van der Waals surface area contributed by atoms with Gasteiger partial charge in [0, 0.05) is 13.0 Å². The molecule has 4 aliphatic rings. The number of nitrogens with zero attached hydrogens (tertiary/aromatic N) is 1. The molecule has 4 aliphatic carbocycles. The fourth-order valence-electron chi connectivity index (χ4n) is 8.79. The minimum absolute atomic E-state index is 0.0282. The highest BCUT2D eigenvalue weighted by Gasteiger charge is 2.58. The molecule has 0 heterocycles. The van der Waals surface area contributed by atoms with Crippen molar-refractivity contribution in [3.63, 3.8) is 0 Å². The van der Waals surface area contributed by atoms with Crippen molar-refractivity contribution in [3.8, 4) is 0 Å². The third-order valence-electron chi connectivity index (χ3n) is 10.8. The Morgan fingerprint density at radius 2 is 1.94 bits per heavy atom. The molecule has 0 aliphatic heterocycles. The van der Waals surface area contributed by atoms with Gasteiger partial charge in [-0.1, -0.05) is 58.6 Å². The number of nitrogens with two attached hydrogens (primary N) is 2. The molecule has 36 heavy (non-hydrogen) atoms. The summed E-state index contributed by atoms with van der Waals surface area (Å²) in [5.41, 5.74) is 13.1. The highest BCUT2D eigenvalue weighted by molar-refractivity contribution is 5.75. The highest BCUT2D eigenvalue weighted by atomic mass is 16.6. The molecule has 0 radical (unpaired) electrons. The van der Waals surface area contributed by atoms with Crippen LogP contribution >= 0.6 is 0 Å². The van der Waals surface area contributed by atoms with Crippen LogP contribution in [-0.4, -0.2) is 31.2 Å². The summed E-state index contributed by atoms with van der Waals surface area (Å²) < 4.78 is 5.79. The molecular weight excluding hydrogens is 448 g/mol. The van der Waals surface area contributed by atoms with Crippen LogP contribution in [-0.2, 0) is 4.74 Å². The lowest BCUT2D eigenvalue weighted by molar-refractivity contribution is -0.0519. The second-order valence-electron chi connectivity index (χ2n) is 13.3.